The molecule has 0 heterocycles. The van der Waals surface area contributed by atoms with Gasteiger partial charge >= 0.3 is 17.9 Å². The Kier molecular flexibility index (Phi) is 18.8. The Hall–Kier alpha value is -1.40. The Labute approximate surface area is 145 Å². The molecule has 0 aromatic carbocycles. The van der Waals surface area contributed by atoms with Gasteiger partial charge in [-0.2, -0.15) is 11.8 Å². The van der Waals surface area contributed by atoms with Crippen LogP contribution < -0.4 is 17.2 Å². The van der Waals surface area contributed by atoms with Gasteiger partial charge in [0.15, 0.2) is 0 Å². The number of aliphatic carboxylic acids is 3. The summed E-state index contributed by atoms with van der Waals surface area (Å²) >= 11 is 1.60. The predicted molar refractivity (Wildman–Crippen MR) is 91.8 cm³/mol. The molecule has 0 amide bonds. The molecule has 0 aliphatic heterocycles. The summed E-state index contributed by atoms with van der Waals surface area (Å²) in [5, 5.41) is 32.4. The highest BCUT2D eigenvalue weighted by molar-refractivity contribution is 7.98. The number of hydrogen-bond donors (Lipinski definition) is 7. The fourth-order valence-corrected chi connectivity index (χ4v) is 1.22. The highest BCUT2D eigenvalue weighted by atomic mass is 32.2. The second-order valence-corrected chi connectivity index (χ2v) is 5.95. The number of aliphatic hydroxyl groups is 1. The van der Waals surface area contributed by atoms with Gasteiger partial charge in [0, 0.05) is 0 Å². The van der Waals surface area contributed by atoms with E-state index in [0.29, 0.717) is 6.42 Å². The van der Waals surface area contributed by atoms with Gasteiger partial charge in [0.05, 0.1) is 6.61 Å². The first kappa shape index (κ1) is 27.4. The molecule has 144 valence electrons. The number of nitrogens with two attached hydrogens (primary N) is 3. The van der Waals surface area contributed by atoms with E-state index in [9.17, 15) is 14.4 Å². The zero-order valence-corrected chi connectivity index (χ0v) is 14.9. The van der Waals surface area contributed by atoms with E-state index in [-0.39, 0.29) is 5.92 Å². The Morgan fingerprint density at radius 3 is 1.46 bits per heavy atom. The summed E-state index contributed by atoms with van der Waals surface area (Å²) in [6.07, 6.45) is 2.48. The van der Waals surface area contributed by atoms with Crippen LogP contribution >= 0.6 is 11.8 Å². The SMILES string of the molecule is CC(C)[C@H](N)C(=O)O.CSCC[C@H](N)C(=O)O.N[C@@H](CO)C(=O)O. The fraction of sp³-hybridized carbons (Fsp3) is 0.769. The third-order valence-corrected chi connectivity index (χ3v) is 3.11. The van der Waals surface area contributed by atoms with Gasteiger partial charge in [-0.15, -0.1) is 0 Å². The van der Waals surface area contributed by atoms with Crippen molar-refractivity contribution in [3.05, 3.63) is 0 Å². The molecule has 0 spiro atoms. The average molecular weight is 371 g/mol. The Bertz CT molecular complexity index is 369. The van der Waals surface area contributed by atoms with Gasteiger partial charge in [-0.1, -0.05) is 13.8 Å². The zero-order chi connectivity index (χ0) is 19.9. The molecule has 10 nitrogen and oxygen atoms in total. The first-order valence-electron chi connectivity index (χ1n) is 6.97. The largest absolute Gasteiger partial charge is 0.480 e. The smallest absolute Gasteiger partial charge is 0.322 e. The number of rotatable bonds is 8. The lowest BCUT2D eigenvalue weighted by Crippen LogP contribution is -2.34. The maximum absolute atomic E-state index is 10.1. The van der Waals surface area contributed by atoms with Gasteiger partial charge in [0.2, 0.25) is 0 Å². The monoisotopic (exact) mass is 371 g/mol. The van der Waals surface area contributed by atoms with E-state index in [1.165, 1.54) is 0 Å². The lowest BCUT2D eigenvalue weighted by atomic mass is 10.1. The van der Waals surface area contributed by atoms with E-state index in [1.54, 1.807) is 25.6 Å². The van der Waals surface area contributed by atoms with E-state index in [1.807, 2.05) is 6.26 Å². The number of carboxylic acid groups (broad SMARTS) is 3. The van der Waals surface area contributed by atoms with Gasteiger partial charge in [-0.25, -0.2) is 0 Å². The number of aliphatic hydroxyl groups excluding tert-OH is 1. The predicted octanol–water partition coefficient (Wildman–Crippen LogP) is -1.40. The molecule has 0 aliphatic carbocycles. The highest BCUT2D eigenvalue weighted by Gasteiger charge is 2.14. The maximum atomic E-state index is 10.1. The minimum atomic E-state index is -1.18. The van der Waals surface area contributed by atoms with Crippen molar-refractivity contribution in [2.45, 2.75) is 38.4 Å². The van der Waals surface area contributed by atoms with Gasteiger partial charge in [-0.3, -0.25) is 14.4 Å². The maximum Gasteiger partial charge on any atom is 0.322 e. The Balaban J connectivity index is -0.000000278. The van der Waals surface area contributed by atoms with E-state index in [2.05, 4.69) is 0 Å². The summed E-state index contributed by atoms with van der Waals surface area (Å²) in [5.41, 5.74) is 15.1. The molecule has 11 heteroatoms. The van der Waals surface area contributed by atoms with Crippen molar-refractivity contribution in [3.63, 3.8) is 0 Å². The van der Waals surface area contributed by atoms with Crippen LogP contribution in [0.25, 0.3) is 0 Å². The average Bonchev–Trinajstić information content (AvgIpc) is 2.51. The van der Waals surface area contributed by atoms with Gasteiger partial charge in [0.25, 0.3) is 0 Å². The molecule has 0 rings (SSSR count). The first-order chi connectivity index (χ1) is 10.9. The second kappa shape index (κ2) is 16.5. The minimum absolute atomic E-state index is 0.0208. The van der Waals surface area contributed by atoms with Crippen LogP contribution in [0.15, 0.2) is 0 Å². The normalized spacial score (nSPS) is 13.5. The minimum Gasteiger partial charge on any atom is -0.480 e. The molecule has 0 aromatic rings. The quantitative estimate of drug-likeness (QED) is 0.263. The van der Waals surface area contributed by atoms with Crippen molar-refractivity contribution in [3.8, 4) is 0 Å². The summed E-state index contributed by atoms with van der Waals surface area (Å²) in [5.74, 6) is -2.19. The summed E-state index contributed by atoms with van der Waals surface area (Å²) in [4.78, 5) is 29.7. The van der Waals surface area contributed by atoms with Crippen LogP contribution in [0.2, 0.25) is 0 Å². The molecular formula is C13H29N3O7S. The summed E-state index contributed by atoms with van der Waals surface area (Å²) in [7, 11) is 0. The van der Waals surface area contributed by atoms with Crippen LogP contribution in [0.4, 0.5) is 0 Å². The molecule has 0 aromatic heterocycles. The molecule has 0 saturated heterocycles. The molecular weight excluding hydrogens is 342 g/mol. The van der Waals surface area contributed by atoms with Crippen LogP contribution in [0.3, 0.4) is 0 Å². The Morgan fingerprint density at radius 1 is 0.917 bits per heavy atom. The molecule has 0 unspecified atom stereocenters. The molecule has 0 radical (unpaired) electrons. The standard InChI is InChI=1S/C5H11NO2S.C5H11NO2.C3H7NO3/c1-9-3-2-4(6)5(7)8;1-3(2)4(6)5(7)8;4-2(1-5)3(6)7/h4H,2-3,6H2,1H3,(H,7,8);3-4H,6H2,1-2H3,(H,7,8);2,5H,1,4H2,(H,6,7)/t2*4-;2-/m000/s1. The number of thioether (sulfide) groups is 1. The van der Waals surface area contributed by atoms with Crippen LogP contribution in [-0.2, 0) is 14.4 Å². The van der Waals surface area contributed by atoms with Crippen molar-refractivity contribution in [1.29, 1.82) is 0 Å². The van der Waals surface area contributed by atoms with Crippen molar-refractivity contribution in [2.24, 2.45) is 23.1 Å². The van der Waals surface area contributed by atoms with Crippen molar-refractivity contribution in [1.82, 2.24) is 0 Å². The molecule has 3 atom stereocenters. The topological polar surface area (TPSA) is 210 Å². The van der Waals surface area contributed by atoms with Crippen LogP contribution in [-0.4, -0.2) is 75.1 Å². The number of carbonyl (C=O) groups is 3. The van der Waals surface area contributed by atoms with Crippen LogP contribution in [0, 0.1) is 5.92 Å². The van der Waals surface area contributed by atoms with Gasteiger partial charge in [0.1, 0.15) is 18.1 Å². The van der Waals surface area contributed by atoms with Crippen LogP contribution in [0.1, 0.15) is 20.3 Å². The molecule has 0 bridgehead atoms. The lowest BCUT2D eigenvalue weighted by Gasteiger charge is -2.07. The van der Waals surface area contributed by atoms with Crippen molar-refractivity contribution < 1.29 is 34.8 Å². The van der Waals surface area contributed by atoms with E-state index in [4.69, 9.17) is 37.6 Å². The summed E-state index contributed by atoms with van der Waals surface area (Å²) in [6, 6.07) is -2.52. The van der Waals surface area contributed by atoms with E-state index in [0.717, 1.165) is 5.75 Å². The summed E-state index contributed by atoms with van der Waals surface area (Å²) < 4.78 is 0. The second-order valence-electron chi connectivity index (χ2n) is 4.96. The Morgan fingerprint density at radius 2 is 1.33 bits per heavy atom. The molecule has 24 heavy (non-hydrogen) atoms. The fourth-order valence-electron chi connectivity index (χ4n) is 0.732. The lowest BCUT2D eigenvalue weighted by molar-refractivity contribution is -0.140. The third kappa shape index (κ3) is 18.6. The molecule has 0 aliphatic rings. The third-order valence-electron chi connectivity index (χ3n) is 2.47. The van der Waals surface area contributed by atoms with Crippen molar-refractivity contribution >= 4 is 29.7 Å². The number of carboxylic acids is 3. The zero-order valence-electron chi connectivity index (χ0n) is 14.1. The first-order valence-corrected chi connectivity index (χ1v) is 8.36. The molecule has 0 fully saturated rings. The highest BCUT2D eigenvalue weighted by Crippen LogP contribution is 1.98. The van der Waals surface area contributed by atoms with Gasteiger partial charge < -0.3 is 37.6 Å². The summed E-state index contributed by atoms with van der Waals surface area (Å²) in [6.45, 7) is 3.05. The van der Waals surface area contributed by atoms with Crippen molar-refractivity contribution in [2.75, 3.05) is 18.6 Å². The van der Waals surface area contributed by atoms with E-state index < -0.39 is 42.6 Å². The van der Waals surface area contributed by atoms with Crippen LogP contribution in [0.5, 0.6) is 0 Å². The number of hydrogen-bond acceptors (Lipinski definition) is 8. The van der Waals surface area contributed by atoms with Gasteiger partial charge in [-0.05, 0) is 24.3 Å². The molecule has 0 saturated carbocycles. The molecule has 10 N–H and O–H groups in total. The van der Waals surface area contributed by atoms with E-state index >= 15 is 0 Å².